The predicted octanol–water partition coefficient (Wildman–Crippen LogP) is 0.841. The molecule has 0 aromatic carbocycles. The maximum atomic E-state index is 10.9. The zero-order chi connectivity index (χ0) is 7.11. The van der Waals surface area contributed by atoms with E-state index in [1.165, 1.54) is 0 Å². The van der Waals surface area contributed by atoms with Crippen LogP contribution < -0.4 is 0 Å². The maximum Gasteiger partial charge on any atom is 0.351 e. The number of carbonyl (C=O) groups is 1. The van der Waals surface area contributed by atoms with Gasteiger partial charge in [-0.2, -0.15) is 0 Å². The molecule has 0 radical (unpaired) electrons. The number of carbonyl (C=O) groups excluding carboxylic acids is 1. The highest BCUT2D eigenvalue weighted by molar-refractivity contribution is 5.68. The third-order valence-electron chi connectivity index (χ3n) is 0.741. The molecular formula is C5H9FO3. The fourth-order valence-corrected chi connectivity index (χ4v) is 0.338. The van der Waals surface area contributed by atoms with Crippen molar-refractivity contribution in [1.82, 2.24) is 0 Å². The fraction of sp³-hybridized carbons (Fsp3) is 0.800. The molecule has 0 amide bonds. The van der Waals surface area contributed by atoms with Gasteiger partial charge < -0.3 is 4.74 Å². The van der Waals surface area contributed by atoms with Crippen LogP contribution in [-0.4, -0.2) is 19.2 Å². The van der Waals surface area contributed by atoms with Crippen molar-refractivity contribution in [3.8, 4) is 0 Å². The fourth-order valence-electron chi connectivity index (χ4n) is 0.338. The van der Waals surface area contributed by atoms with E-state index in [0.29, 0.717) is 6.61 Å². The molecular weight excluding hydrogens is 127 g/mol. The van der Waals surface area contributed by atoms with Crippen LogP contribution in [0.25, 0.3) is 0 Å². The van der Waals surface area contributed by atoms with Gasteiger partial charge in [-0.05, 0) is 6.92 Å². The summed E-state index contributed by atoms with van der Waals surface area (Å²) in [6.45, 7) is 2.54. The van der Waals surface area contributed by atoms with Crippen molar-refractivity contribution in [1.29, 1.82) is 0 Å². The predicted molar refractivity (Wildman–Crippen MR) is 28.3 cm³/mol. The van der Waals surface area contributed by atoms with Gasteiger partial charge in [0.25, 0.3) is 0 Å². The minimum atomic E-state index is -0.886. The van der Waals surface area contributed by atoms with Crippen LogP contribution in [0.3, 0.4) is 0 Å². The van der Waals surface area contributed by atoms with Gasteiger partial charge in [0.1, 0.15) is 0 Å². The first-order chi connectivity index (χ1) is 4.31. The molecule has 0 fully saturated rings. The smallest absolute Gasteiger partial charge is 0.351 e. The third kappa shape index (κ3) is 5.23. The molecule has 54 valence electrons. The molecule has 0 bridgehead atoms. The molecule has 0 aliphatic rings. The van der Waals surface area contributed by atoms with Crippen molar-refractivity contribution in [2.24, 2.45) is 0 Å². The molecule has 0 aliphatic heterocycles. The summed E-state index contributed by atoms with van der Waals surface area (Å²) in [6, 6.07) is 0. The van der Waals surface area contributed by atoms with Crippen LogP contribution in [0.2, 0.25) is 0 Å². The van der Waals surface area contributed by atoms with Gasteiger partial charge in [0.05, 0.1) is 13.0 Å². The average molecular weight is 136 g/mol. The van der Waals surface area contributed by atoms with E-state index < -0.39 is 5.97 Å². The molecule has 0 saturated carbocycles. The van der Waals surface area contributed by atoms with E-state index in [-0.39, 0.29) is 13.0 Å². The van der Waals surface area contributed by atoms with E-state index >= 15 is 0 Å². The molecule has 0 aliphatic carbocycles. The number of rotatable bonds is 4. The monoisotopic (exact) mass is 136 g/mol. The quantitative estimate of drug-likeness (QED) is 0.537. The van der Waals surface area contributed by atoms with Gasteiger partial charge in [0.15, 0.2) is 0 Å². The lowest BCUT2D eigenvalue weighted by molar-refractivity contribution is -0.184. The first-order valence-corrected chi connectivity index (χ1v) is 2.70. The first-order valence-electron chi connectivity index (χ1n) is 2.70. The molecule has 0 spiro atoms. The zero-order valence-electron chi connectivity index (χ0n) is 5.22. The molecule has 0 rings (SSSR count). The number of hydrogen-bond acceptors (Lipinski definition) is 3. The first kappa shape index (κ1) is 8.36. The van der Waals surface area contributed by atoms with Crippen molar-refractivity contribution >= 4 is 5.97 Å². The van der Waals surface area contributed by atoms with Gasteiger partial charge in [0.2, 0.25) is 0 Å². The summed E-state index contributed by atoms with van der Waals surface area (Å²) in [5.74, 6) is -0.886. The molecule has 0 aromatic rings. The Balaban J connectivity index is 2.97. The maximum absolute atomic E-state index is 10.9. The van der Waals surface area contributed by atoms with E-state index in [9.17, 15) is 9.32 Å². The van der Waals surface area contributed by atoms with Crippen molar-refractivity contribution in [3.05, 3.63) is 0 Å². The second kappa shape index (κ2) is 5.50. The Hall–Kier alpha value is -0.640. The summed E-state index contributed by atoms with van der Waals surface area (Å²) >= 11 is 0. The average Bonchev–Trinajstić information content (AvgIpc) is 1.89. The van der Waals surface area contributed by atoms with Gasteiger partial charge in [-0.15, -0.1) is 0 Å². The zero-order valence-corrected chi connectivity index (χ0v) is 5.22. The standard InChI is InChI=1S/C5H9FO3/c1-2-8-4-3-5(7)9-6/h2-4H2,1H3. The van der Waals surface area contributed by atoms with Crippen LogP contribution >= 0.6 is 0 Å². The van der Waals surface area contributed by atoms with Gasteiger partial charge in [-0.25, -0.2) is 4.79 Å². The lowest BCUT2D eigenvalue weighted by Gasteiger charge is -1.94. The van der Waals surface area contributed by atoms with Crippen molar-refractivity contribution in [2.75, 3.05) is 13.2 Å². The highest BCUT2D eigenvalue weighted by atomic mass is 19.3. The second-order valence-electron chi connectivity index (χ2n) is 1.40. The molecule has 4 heteroatoms. The summed E-state index contributed by atoms with van der Waals surface area (Å²) in [5.41, 5.74) is 0. The van der Waals surface area contributed by atoms with Gasteiger partial charge >= 0.3 is 5.97 Å². The molecule has 0 unspecified atom stereocenters. The van der Waals surface area contributed by atoms with E-state index in [1.54, 1.807) is 6.92 Å². The molecule has 0 atom stereocenters. The van der Waals surface area contributed by atoms with Crippen LogP contribution in [0.5, 0.6) is 0 Å². The van der Waals surface area contributed by atoms with Crippen LogP contribution in [0.15, 0.2) is 0 Å². The largest absolute Gasteiger partial charge is 0.381 e. The van der Waals surface area contributed by atoms with Gasteiger partial charge in [-0.1, -0.05) is 0 Å². The number of ether oxygens (including phenoxy) is 1. The number of hydrogen-bond donors (Lipinski definition) is 0. The Morgan fingerprint density at radius 2 is 2.33 bits per heavy atom. The summed E-state index contributed by atoms with van der Waals surface area (Å²) in [6.07, 6.45) is -0.0235. The van der Waals surface area contributed by atoms with Crippen molar-refractivity contribution < 1.29 is 19.0 Å². The Bertz CT molecular complexity index is 84.3. The molecule has 0 heterocycles. The normalized spacial score (nSPS) is 9.11. The third-order valence-corrected chi connectivity index (χ3v) is 0.741. The molecule has 0 aromatic heterocycles. The Morgan fingerprint density at radius 3 is 2.78 bits per heavy atom. The van der Waals surface area contributed by atoms with Crippen LogP contribution in [0.1, 0.15) is 13.3 Å². The lowest BCUT2D eigenvalue weighted by Crippen LogP contribution is -2.03. The summed E-state index contributed by atoms with van der Waals surface area (Å²) in [4.78, 5) is 12.9. The van der Waals surface area contributed by atoms with E-state index in [2.05, 4.69) is 4.94 Å². The van der Waals surface area contributed by atoms with Crippen LogP contribution in [0.4, 0.5) is 4.53 Å². The highest BCUT2D eigenvalue weighted by Crippen LogP contribution is 1.87. The van der Waals surface area contributed by atoms with E-state index in [4.69, 9.17) is 4.74 Å². The topological polar surface area (TPSA) is 35.5 Å². The summed E-state index contributed by atoms with van der Waals surface area (Å²) < 4.78 is 15.6. The summed E-state index contributed by atoms with van der Waals surface area (Å²) in [5, 5.41) is 0. The SMILES string of the molecule is CCOCCC(=O)OF. The second-order valence-corrected chi connectivity index (χ2v) is 1.40. The van der Waals surface area contributed by atoms with Crippen LogP contribution in [0, 0.1) is 0 Å². The summed E-state index contributed by atoms with van der Waals surface area (Å²) in [7, 11) is 0. The number of halogens is 1. The Kier molecular flexibility index (Phi) is 5.11. The van der Waals surface area contributed by atoms with Gasteiger partial charge in [-0.3, -0.25) is 4.94 Å². The van der Waals surface area contributed by atoms with Crippen LogP contribution in [-0.2, 0) is 14.5 Å². The lowest BCUT2D eigenvalue weighted by atomic mass is 10.5. The van der Waals surface area contributed by atoms with Crippen molar-refractivity contribution in [2.45, 2.75) is 13.3 Å². The minimum absolute atomic E-state index is 0.0235. The molecule has 0 saturated heterocycles. The molecule has 0 N–H and O–H groups in total. The van der Waals surface area contributed by atoms with E-state index in [0.717, 1.165) is 0 Å². The molecule has 9 heavy (non-hydrogen) atoms. The molecule has 3 nitrogen and oxygen atoms in total. The Labute approximate surface area is 52.7 Å². The van der Waals surface area contributed by atoms with Crippen molar-refractivity contribution in [3.63, 3.8) is 0 Å². The minimum Gasteiger partial charge on any atom is -0.381 e. The van der Waals surface area contributed by atoms with Gasteiger partial charge in [0, 0.05) is 11.1 Å². The van der Waals surface area contributed by atoms with E-state index in [1.807, 2.05) is 0 Å². The highest BCUT2D eigenvalue weighted by Gasteiger charge is 2.00. The Morgan fingerprint density at radius 1 is 1.67 bits per heavy atom.